The average Bonchev–Trinajstić information content (AvgIpc) is 2.92. The van der Waals surface area contributed by atoms with E-state index in [-0.39, 0.29) is 24.2 Å². The van der Waals surface area contributed by atoms with E-state index in [0.29, 0.717) is 11.1 Å². The Morgan fingerprint density at radius 1 is 1.18 bits per heavy atom. The number of benzene rings is 1. The van der Waals surface area contributed by atoms with Gasteiger partial charge in [0.05, 0.1) is 11.1 Å². The quantitative estimate of drug-likeness (QED) is 0.666. The Labute approximate surface area is 163 Å². The van der Waals surface area contributed by atoms with E-state index in [9.17, 15) is 19.2 Å². The number of hydrogen-bond acceptors (Lipinski definition) is 6. The standard InChI is InChI=1S/C20H24N4O4/c1-20(7-2-8-21-10-20)11-22-12-3-4-13-14(9-12)19(28)24(18(13)27)15-5-6-16(25)23-17(15)26/h3-4,9,15,21-22H,2,5-8,10-11H2,1H3,(H,23,25,26). The molecule has 28 heavy (non-hydrogen) atoms. The molecule has 4 amide bonds. The third-order valence-corrected chi connectivity index (χ3v) is 5.84. The van der Waals surface area contributed by atoms with Crippen LogP contribution in [0.2, 0.25) is 0 Å². The van der Waals surface area contributed by atoms with Gasteiger partial charge in [0.15, 0.2) is 0 Å². The molecule has 3 heterocycles. The Bertz CT molecular complexity index is 860. The average molecular weight is 384 g/mol. The molecule has 0 saturated carbocycles. The van der Waals surface area contributed by atoms with Gasteiger partial charge < -0.3 is 10.6 Å². The monoisotopic (exact) mass is 384 g/mol. The molecule has 0 spiro atoms. The van der Waals surface area contributed by atoms with Crippen LogP contribution in [-0.2, 0) is 9.59 Å². The van der Waals surface area contributed by atoms with Gasteiger partial charge in [-0.15, -0.1) is 0 Å². The number of carbonyl (C=O) groups is 4. The topological polar surface area (TPSA) is 108 Å². The van der Waals surface area contributed by atoms with Gasteiger partial charge in [-0.2, -0.15) is 0 Å². The lowest BCUT2D eigenvalue weighted by Crippen LogP contribution is -2.54. The highest BCUT2D eigenvalue weighted by Gasteiger charge is 2.44. The lowest BCUT2D eigenvalue weighted by molar-refractivity contribution is -0.136. The van der Waals surface area contributed by atoms with Crippen molar-refractivity contribution < 1.29 is 19.2 Å². The molecule has 8 nitrogen and oxygen atoms in total. The minimum absolute atomic E-state index is 0.114. The summed E-state index contributed by atoms with van der Waals surface area (Å²) in [6, 6.07) is 4.16. The van der Waals surface area contributed by atoms with Crippen molar-refractivity contribution in [1.29, 1.82) is 0 Å². The first kappa shape index (κ1) is 18.6. The Balaban J connectivity index is 1.51. The minimum Gasteiger partial charge on any atom is -0.384 e. The molecule has 1 aromatic rings. The smallest absolute Gasteiger partial charge is 0.262 e. The molecule has 1 aromatic carbocycles. The number of rotatable bonds is 4. The molecule has 3 N–H and O–H groups in total. The van der Waals surface area contributed by atoms with Crippen LogP contribution in [0.5, 0.6) is 0 Å². The van der Waals surface area contributed by atoms with Crippen LogP contribution in [0.15, 0.2) is 18.2 Å². The zero-order valence-electron chi connectivity index (χ0n) is 15.8. The van der Waals surface area contributed by atoms with E-state index in [1.807, 2.05) is 0 Å². The Morgan fingerprint density at radius 2 is 1.96 bits per heavy atom. The number of imide groups is 2. The van der Waals surface area contributed by atoms with Crippen molar-refractivity contribution >= 4 is 29.3 Å². The van der Waals surface area contributed by atoms with Crippen LogP contribution in [0.3, 0.4) is 0 Å². The predicted molar refractivity (Wildman–Crippen MR) is 102 cm³/mol. The minimum atomic E-state index is -0.936. The molecule has 2 atom stereocenters. The number of fused-ring (bicyclic) bond motifs is 1. The van der Waals surface area contributed by atoms with Gasteiger partial charge in [-0.25, -0.2) is 0 Å². The van der Waals surface area contributed by atoms with Crippen molar-refractivity contribution in [3.05, 3.63) is 29.3 Å². The van der Waals surface area contributed by atoms with Crippen LogP contribution >= 0.6 is 0 Å². The van der Waals surface area contributed by atoms with E-state index in [1.165, 1.54) is 0 Å². The van der Waals surface area contributed by atoms with Crippen molar-refractivity contribution in [3.8, 4) is 0 Å². The molecule has 0 aromatic heterocycles. The van der Waals surface area contributed by atoms with E-state index in [1.54, 1.807) is 18.2 Å². The summed E-state index contributed by atoms with van der Waals surface area (Å²) in [5.74, 6) is -1.94. The molecule has 3 aliphatic rings. The zero-order valence-corrected chi connectivity index (χ0v) is 15.8. The second-order valence-corrected chi connectivity index (χ2v) is 8.15. The fourth-order valence-corrected chi connectivity index (χ4v) is 4.17. The van der Waals surface area contributed by atoms with Gasteiger partial charge in [-0.3, -0.25) is 29.4 Å². The van der Waals surface area contributed by atoms with Gasteiger partial charge in [0.2, 0.25) is 11.8 Å². The summed E-state index contributed by atoms with van der Waals surface area (Å²) < 4.78 is 0. The van der Waals surface area contributed by atoms with Gasteiger partial charge in [-0.05, 0) is 49.4 Å². The first-order valence-electron chi connectivity index (χ1n) is 9.68. The number of carbonyl (C=O) groups excluding carboxylic acids is 4. The first-order valence-corrected chi connectivity index (χ1v) is 9.68. The van der Waals surface area contributed by atoms with Crippen LogP contribution < -0.4 is 16.0 Å². The molecular formula is C20H24N4O4. The molecule has 148 valence electrons. The van der Waals surface area contributed by atoms with Crippen LogP contribution in [-0.4, -0.2) is 54.2 Å². The second kappa shape index (κ2) is 7.01. The van der Waals surface area contributed by atoms with Gasteiger partial charge in [0.25, 0.3) is 11.8 Å². The molecule has 2 saturated heterocycles. The molecule has 2 unspecified atom stereocenters. The molecular weight excluding hydrogens is 360 g/mol. The molecule has 0 bridgehead atoms. The van der Waals surface area contributed by atoms with Gasteiger partial charge in [-0.1, -0.05) is 6.92 Å². The third-order valence-electron chi connectivity index (χ3n) is 5.84. The highest BCUT2D eigenvalue weighted by molar-refractivity contribution is 6.23. The summed E-state index contributed by atoms with van der Waals surface area (Å²) in [7, 11) is 0. The number of anilines is 1. The summed E-state index contributed by atoms with van der Waals surface area (Å²) in [5.41, 5.74) is 1.50. The Morgan fingerprint density at radius 3 is 2.68 bits per heavy atom. The molecule has 4 rings (SSSR count). The molecule has 0 aliphatic carbocycles. The lowest BCUT2D eigenvalue weighted by Gasteiger charge is -2.34. The first-order chi connectivity index (χ1) is 13.4. The van der Waals surface area contributed by atoms with Gasteiger partial charge in [0, 0.05) is 25.2 Å². The van der Waals surface area contributed by atoms with E-state index in [2.05, 4.69) is 22.9 Å². The zero-order chi connectivity index (χ0) is 19.9. The summed E-state index contributed by atoms with van der Waals surface area (Å²) in [6.45, 7) is 4.96. The number of nitrogens with one attached hydrogen (secondary N) is 3. The van der Waals surface area contributed by atoms with Crippen molar-refractivity contribution in [3.63, 3.8) is 0 Å². The maximum atomic E-state index is 12.9. The molecule has 0 radical (unpaired) electrons. The molecule has 3 aliphatic heterocycles. The molecule has 2 fully saturated rings. The second-order valence-electron chi connectivity index (χ2n) is 8.15. The van der Waals surface area contributed by atoms with E-state index >= 15 is 0 Å². The normalized spacial score (nSPS) is 27.6. The van der Waals surface area contributed by atoms with E-state index < -0.39 is 23.8 Å². The number of piperidine rings is 2. The van der Waals surface area contributed by atoms with E-state index in [4.69, 9.17) is 0 Å². The molecule has 8 heteroatoms. The van der Waals surface area contributed by atoms with Crippen LogP contribution in [0.1, 0.15) is 53.3 Å². The predicted octanol–water partition coefficient (Wildman–Crippen LogP) is 0.889. The van der Waals surface area contributed by atoms with Crippen molar-refractivity contribution in [2.45, 2.75) is 38.6 Å². The lowest BCUT2D eigenvalue weighted by atomic mass is 9.83. The fraction of sp³-hybridized carbons (Fsp3) is 0.500. The third kappa shape index (κ3) is 3.28. The summed E-state index contributed by atoms with van der Waals surface area (Å²) in [5, 5.41) is 9.00. The van der Waals surface area contributed by atoms with Crippen molar-refractivity contribution in [1.82, 2.24) is 15.5 Å². The summed E-state index contributed by atoms with van der Waals surface area (Å²) >= 11 is 0. The fourth-order valence-electron chi connectivity index (χ4n) is 4.17. The number of amides is 4. The van der Waals surface area contributed by atoms with Crippen LogP contribution in [0.25, 0.3) is 0 Å². The summed E-state index contributed by atoms with van der Waals surface area (Å²) in [4.78, 5) is 50.0. The van der Waals surface area contributed by atoms with Gasteiger partial charge >= 0.3 is 0 Å². The maximum Gasteiger partial charge on any atom is 0.262 e. The highest BCUT2D eigenvalue weighted by atomic mass is 16.2. The largest absolute Gasteiger partial charge is 0.384 e. The Hall–Kier alpha value is -2.74. The van der Waals surface area contributed by atoms with Crippen LogP contribution in [0.4, 0.5) is 5.69 Å². The number of hydrogen-bond donors (Lipinski definition) is 3. The maximum absolute atomic E-state index is 12.9. The Kier molecular flexibility index (Phi) is 4.66. The number of nitrogens with zero attached hydrogens (tertiary/aromatic N) is 1. The highest BCUT2D eigenvalue weighted by Crippen LogP contribution is 2.31. The van der Waals surface area contributed by atoms with Crippen molar-refractivity contribution in [2.24, 2.45) is 5.41 Å². The van der Waals surface area contributed by atoms with E-state index in [0.717, 1.165) is 43.1 Å². The summed E-state index contributed by atoms with van der Waals surface area (Å²) in [6.07, 6.45) is 2.53. The van der Waals surface area contributed by atoms with Gasteiger partial charge in [0.1, 0.15) is 6.04 Å². The SMILES string of the molecule is CC1(CNc2ccc3c(c2)C(=O)N(C2CCC(=O)NC2=O)C3=O)CCCNC1. The van der Waals surface area contributed by atoms with Crippen molar-refractivity contribution in [2.75, 3.05) is 25.0 Å². The van der Waals surface area contributed by atoms with Crippen LogP contribution in [0, 0.1) is 5.41 Å².